The van der Waals surface area contributed by atoms with Crippen molar-refractivity contribution in [1.29, 1.82) is 0 Å². The SMILES string of the molecule is CCCC(CC(=O)O)c1ccc2c(c1)OCO2. The summed E-state index contributed by atoms with van der Waals surface area (Å²) in [5.41, 5.74) is 1.01. The van der Waals surface area contributed by atoms with Crippen molar-refractivity contribution in [1.82, 2.24) is 0 Å². The van der Waals surface area contributed by atoms with Crippen LogP contribution in [0.3, 0.4) is 0 Å². The lowest BCUT2D eigenvalue weighted by Crippen LogP contribution is -2.06. The Bertz CT molecular complexity index is 414. The topological polar surface area (TPSA) is 55.8 Å². The van der Waals surface area contributed by atoms with Crippen molar-refractivity contribution in [2.24, 2.45) is 0 Å². The van der Waals surface area contributed by atoms with E-state index in [9.17, 15) is 4.79 Å². The highest BCUT2D eigenvalue weighted by atomic mass is 16.7. The summed E-state index contributed by atoms with van der Waals surface area (Å²) in [6.45, 7) is 2.30. The van der Waals surface area contributed by atoms with Gasteiger partial charge in [0, 0.05) is 0 Å². The molecule has 1 atom stereocenters. The first-order valence-electron chi connectivity index (χ1n) is 5.82. The van der Waals surface area contributed by atoms with Gasteiger partial charge in [0.25, 0.3) is 0 Å². The standard InChI is InChI=1S/C13H16O4/c1-2-3-9(7-13(14)15)10-4-5-11-12(6-10)17-8-16-11/h4-6,9H,2-3,7-8H2,1H3,(H,14,15). The molecule has 1 heterocycles. The van der Waals surface area contributed by atoms with Crippen molar-refractivity contribution in [2.75, 3.05) is 6.79 Å². The Kier molecular flexibility index (Phi) is 3.52. The molecular formula is C13H16O4. The Morgan fingerprint density at radius 1 is 1.41 bits per heavy atom. The monoisotopic (exact) mass is 236 g/mol. The van der Waals surface area contributed by atoms with E-state index in [1.54, 1.807) is 0 Å². The van der Waals surface area contributed by atoms with Crippen LogP contribution < -0.4 is 9.47 Å². The molecule has 1 aliphatic rings. The smallest absolute Gasteiger partial charge is 0.303 e. The highest BCUT2D eigenvalue weighted by molar-refractivity contribution is 5.68. The first-order valence-corrected chi connectivity index (χ1v) is 5.82. The van der Waals surface area contributed by atoms with E-state index < -0.39 is 5.97 Å². The van der Waals surface area contributed by atoms with Crippen LogP contribution in [0.1, 0.15) is 37.7 Å². The molecule has 0 amide bonds. The molecule has 2 rings (SSSR count). The fraction of sp³-hybridized carbons (Fsp3) is 0.462. The minimum Gasteiger partial charge on any atom is -0.481 e. The van der Waals surface area contributed by atoms with Gasteiger partial charge in [-0.25, -0.2) is 0 Å². The van der Waals surface area contributed by atoms with Gasteiger partial charge in [0.2, 0.25) is 6.79 Å². The lowest BCUT2D eigenvalue weighted by Gasteiger charge is -2.14. The normalized spacial score (nSPS) is 14.6. The van der Waals surface area contributed by atoms with Gasteiger partial charge in [0.15, 0.2) is 11.5 Å². The molecular weight excluding hydrogens is 220 g/mol. The number of aliphatic carboxylic acids is 1. The lowest BCUT2D eigenvalue weighted by atomic mass is 9.91. The second-order valence-electron chi connectivity index (χ2n) is 4.20. The zero-order valence-corrected chi connectivity index (χ0v) is 9.81. The van der Waals surface area contributed by atoms with Gasteiger partial charge in [0.05, 0.1) is 6.42 Å². The van der Waals surface area contributed by atoms with Gasteiger partial charge in [-0.15, -0.1) is 0 Å². The van der Waals surface area contributed by atoms with Gasteiger partial charge in [-0.3, -0.25) is 4.79 Å². The Morgan fingerprint density at radius 2 is 2.18 bits per heavy atom. The lowest BCUT2D eigenvalue weighted by molar-refractivity contribution is -0.137. The van der Waals surface area contributed by atoms with Gasteiger partial charge in [-0.1, -0.05) is 19.4 Å². The van der Waals surface area contributed by atoms with Crippen LogP contribution >= 0.6 is 0 Å². The number of benzene rings is 1. The van der Waals surface area contributed by atoms with Crippen molar-refractivity contribution in [3.05, 3.63) is 23.8 Å². The number of carbonyl (C=O) groups is 1. The maximum absolute atomic E-state index is 10.8. The first kappa shape index (κ1) is 11.8. The summed E-state index contributed by atoms with van der Waals surface area (Å²) in [6.07, 6.45) is 1.99. The van der Waals surface area contributed by atoms with E-state index in [0.717, 1.165) is 24.2 Å². The minimum absolute atomic E-state index is 0.0481. The van der Waals surface area contributed by atoms with Gasteiger partial charge < -0.3 is 14.6 Å². The highest BCUT2D eigenvalue weighted by Gasteiger charge is 2.19. The number of rotatable bonds is 5. The van der Waals surface area contributed by atoms with Crippen LogP contribution in [-0.2, 0) is 4.79 Å². The molecule has 0 saturated heterocycles. The molecule has 1 aromatic carbocycles. The Balaban J connectivity index is 2.20. The molecule has 4 nitrogen and oxygen atoms in total. The molecule has 1 aromatic rings. The van der Waals surface area contributed by atoms with Crippen molar-refractivity contribution < 1.29 is 19.4 Å². The molecule has 4 heteroatoms. The van der Waals surface area contributed by atoms with Gasteiger partial charge in [0.1, 0.15) is 0 Å². The van der Waals surface area contributed by atoms with Crippen LogP contribution in [0.2, 0.25) is 0 Å². The zero-order valence-electron chi connectivity index (χ0n) is 9.81. The summed E-state index contributed by atoms with van der Waals surface area (Å²) in [5.74, 6) is 0.737. The van der Waals surface area contributed by atoms with E-state index >= 15 is 0 Å². The van der Waals surface area contributed by atoms with Gasteiger partial charge in [-0.2, -0.15) is 0 Å². The van der Waals surface area contributed by atoms with Crippen LogP contribution in [0.5, 0.6) is 11.5 Å². The summed E-state index contributed by atoms with van der Waals surface area (Å²) < 4.78 is 10.5. The second-order valence-corrected chi connectivity index (χ2v) is 4.20. The van der Waals surface area contributed by atoms with Crippen LogP contribution in [0.4, 0.5) is 0 Å². The number of hydrogen-bond donors (Lipinski definition) is 1. The van der Waals surface area contributed by atoms with Crippen molar-refractivity contribution in [2.45, 2.75) is 32.1 Å². The van der Waals surface area contributed by atoms with Crippen molar-refractivity contribution >= 4 is 5.97 Å². The van der Waals surface area contributed by atoms with Crippen LogP contribution in [0.15, 0.2) is 18.2 Å². The largest absolute Gasteiger partial charge is 0.481 e. The molecule has 0 aliphatic carbocycles. The van der Waals surface area contributed by atoms with Gasteiger partial charge >= 0.3 is 5.97 Å². The minimum atomic E-state index is -0.763. The van der Waals surface area contributed by atoms with Crippen LogP contribution in [-0.4, -0.2) is 17.9 Å². The zero-order chi connectivity index (χ0) is 12.3. The average molecular weight is 236 g/mol. The Morgan fingerprint density at radius 3 is 2.88 bits per heavy atom. The van der Waals surface area contributed by atoms with E-state index in [-0.39, 0.29) is 19.1 Å². The van der Waals surface area contributed by atoms with Crippen molar-refractivity contribution in [3.8, 4) is 11.5 Å². The van der Waals surface area contributed by atoms with Gasteiger partial charge in [-0.05, 0) is 30.0 Å². The Hall–Kier alpha value is -1.71. The molecule has 17 heavy (non-hydrogen) atoms. The van der Waals surface area contributed by atoms with E-state index in [4.69, 9.17) is 14.6 Å². The number of fused-ring (bicyclic) bond motifs is 1. The maximum atomic E-state index is 10.8. The number of carboxylic acids is 1. The Labute approximate surface area is 100 Å². The summed E-state index contributed by atoms with van der Waals surface area (Å²) in [5, 5.41) is 8.91. The van der Waals surface area contributed by atoms with E-state index in [1.807, 2.05) is 18.2 Å². The molecule has 0 bridgehead atoms. The number of ether oxygens (including phenoxy) is 2. The molecule has 0 fully saturated rings. The molecule has 1 unspecified atom stereocenters. The summed E-state index contributed by atoms with van der Waals surface area (Å²) in [4.78, 5) is 10.8. The maximum Gasteiger partial charge on any atom is 0.303 e. The quantitative estimate of drug-likeness (QED) is 0.854. The summed E-state index contributed by atoms with van der Waals surface area (Å²) >= 11 is 0. The molecule has 0 radical (unpaired) electrons. The third-order valence-electron chi connectivity index (χ3n) is 2.93. The summed E-state index contributed by atoms with van der Waals surface area (Å²) in [6, 6.07) is 5.67. The predicted octanol–water partition coefficient (Wildman–Crippen LogP) is 2.77. The number of carboxylic acid groups (broad SMARTS) is 1. The van der Waals surface area contributed by atoms with E-state index in [2.05, 4.69) is 6.92 Å². The molecule has 1 N–H and O–H groups in total. The van der Waals surface area contributed by atoms with Crippen molar-refractivity contribution in [3.63, 3.8) is 0 Å². The average Bonchev–Trinajstić information content (AvgIpc) is 2.74. The third-order valence-corrected chi connectivity index (χ3v) is 2.93. The molecule has 92 valence electrons. The van der Waals surface area contributed by atoms with E-state index in [0.29, 0.717) is 5.75 Å². The molecule has 1 aliphatic heterocycles. The second kappa shape index (κ2) is 5.08. The molecule has 0 spiro atoms. The highest BCUT2D eigenvalue weighted by Crippen LogP contribution is 2.36. The first-order chi connectivity index (χ1) is 8.20. The fourth-order valence-electron chi connectivity index (χ4n) is 2.11. The van der Waals surface area contributed by atoms with Crippen LogP contribution in [0, 0.1) is 0 Å². The van der Waals surface area contributed by atoms with Crippen LogP contribution in [0.25, 0.3) is 0 Å². The number of hydrogen-bond acceptors (Lipinski definition) is 3. The predicted molar refractivity (Wildman–Crippen MR) is 62.5 cm³/mol. The molecule has 0 saturated carbocycles. The summed E-state index contributed by atoms with van der Waals surface area (Å²) in [7, 11) is 0. The fourth-order valence-corrected chi connectivity index (χ4v) is 2.11. The molecule has 0 aromatic heterocycles. The van der Waals surface area contributed by atoms with E-state index in [1.165, 1.54) is 0 Å². The third kappa shape index (κ3) is 2.70.